The van der Waals surface area contributed by atoms with Crippen LogP contribution in [0.3, 0.4) is 0 Å². The lowest BCUT2D eigenvalue weighted by molar-refractivity contribution is -0.124. The molecule has 0 aliphatic carbocycles. The van der Waals surface area contributed by atoms with E-state index in [1.165, 1.54) is 6.42 Å². The third kappa shape index (κ3) is 5.35. The van der Waals surface area contributed by atoms with Gasteiger partial charge < -0.3 is 11.1 Å². The van der Waals surface area contributed by atoms with Crippen molar-refractivity contribution >= 4 is 29.9 Å². The van der Waals surface area contributed by atoms with Gasteiger partial charge in [-0.25, -0.2) is 0 Å². The van der Waals surface area contributed by atoms with E-state index < -0.39 is 0 Å². The SMILES string of the molecule is CC(NC(=O)CN1CCCC(C)C1CN)c1ccccc1Cl.Cl. The van der Waals surface area contributed by atoms with Crippen LogP contribution in [0.1, 0.15) is 38.3 Å². The molecule has 0 bridgehead atoms. The van der Waals surface area contributed by atoms with Crippen molar-refractivity contribution in [1.82, 2.24) is 10.2 Å². The zero-order valence-electron chi connectivity index (χ0n) is 13.8. The lowest BCUT2D eigenvalue weighted by Crippen LogP contribution is -2.52. The van der Waals surface area contributed by atoms with E-state index in [0.717, 1.165) is 18.5 Å². The normalized spacial score (nSPS) is 23.0. The Bertz CT molecular complexity index is 512. The van der Waals surface area contributed by atoms with Crippen LogP contribution >= 0.6 is 24.0 Å². The van der Waals surface area contributed by atoms with Gasteiger partial charge in [0.1, 0.15) is 0 Å². The summed E-state index contributed by atoms with van der Waals surface area (Å²) >= 11 is 6.18. The molecule has 1 heterocycles. The van der Waals surface area contributed by atoms with Crippen LogP contribution in [-0.2, 0) is 4.79 Å². The van der Waals surface area contributed by atoms with Gasteiger partial charge in [-0.1, -0.05) is 36.7 Å². The Morgan fingerprint density at radius 1 is 1.48 bits per heavy atom. The van der Waals surface area contributed by atoms with Crippen molar-refractivity contribution < 1.29 is 4.79 Å². The Hall–Kier alpha value is -0.810. The fourth-order valence-electron chi connectivity index (χ4n) is 3.29. The number of hydrogen-bond acceptors (Lipinski definition) is 3. The second-order valence-electron chi connectivity index (χ2n) is 6.20. The number of hydrogen-bond donors (Lipinski definition) is 2. The van der Waals surface area contributed by atoms with Crippen LogP contribution in [0.5, 0.6) is 0 Å². The van der Waals surface area contributed by atoms with Crippen molar-refractivity contribution in [3.05, 3.63) is 34.9 Å². The summed E-state index contributed by atoms with van der Waals surface area (Å²) in [5, 5.41) is 3.72. The van der Waals surface area contributed by atoms with E-state index >= 15 is 0 Å². The first-order valence-electron chi connectivity index (χ1n) is 8.00. The lowest BCUT2D eigenvalue weighted by atomic mass is 9.91. The van der Waals surface area contributed by atoms with Gasteiger partial charge in [0.25, 0.3) is 0 Å². The maximum absolute atomic E-state index is 12.3. The Labute approximate surface area is 150 Å². The van der Waals surface area contributed by atoms with E-state index in [2.05, 4.69) is 17.1 Å². The summed E-state index contributed by atoms with van der Waals surface area (Å²) in [4.78, 5) is 14.5. The van der Waals surface area contributed by atoms with Gasteiger partial charge in [-0.3, -0.25) is 9.69 Å². The highest BCUT2D eigenvalue weighted by Gasteiger charge is 2.28. The van der Waals surface area contributed by atoms with Crippen molar-refractivity contribution in [2.24, 2.45) is 11.7 Å². The smallest absolute Gasteiger partial charge is 0.234 e. The van der Waals surface area contributed by atoms with Crippen molar-refractivity contribution in [1.29, 1.82) is 0 Å². The zero-order chi connectivity index (χ0) is 16.1. The molecule has 6 heteroatoms. The molecule has 1 fully saturated rings. The molecule has 0 aromatic heterocycles. The maximum atomic E-state index is 12.3. The molecule has 1 aromatic rings. The summed E-state index contributed by atoms with van der Waals surface area (Å²) in [6.07, 6.45) is 2.32. The van der Waals surface area contributed by atoms with Crippen LogP contribution in [-0.4, -0.2) is 36.5 Å². The summed E-state index contributed by atoms with van der Waals surface area (Å²) in [7, 11) is 0. The number of nitrogens with two attached hydrogens (primary N) is 1. The van der Waals surface area contributed by atoms with Gasteiger partial charge >= 0.3 is 0 Å². The Kier molecular flexibility index (Phi) is 8.34. The molecule has 1 amide bonds. The average Bonchev–Trinajstić information content (AvgIpc) is 2.47. The summed E-state index contributed by atoms with van der Waals surface area (Å²) in [5.74, 6) is 0.576. The zero-order valence-corrected chi connectivity index (χ0v) is 15.4. The molecule has 1 aliphatic rings. The number of likely N-dealkylation sites (tertiary alicyclic amines) is 1. The summed E-state index contributed by atoms with van der Waals surface area (Å²) < 4.78 is 0. The first kappa shape index (κ1) is 20.2. The number of amides is 1. The van der Waals surface area contributed by atoms with Crippen molar-refractivity contribution in [3.8, 4) is 0 Å². The van der Waals surface area contributed by atoms with Crippen molar-refractivity contribution in [2.75, 3.05) is 19.6 Å². The van der Waals surface area contributed by atoms with Crippen molar-refractivity contribution in [2.45, 2.75) is 38.8 Å². The van der Waals surface area contributed by atoms with Gasteiger partial charge in [0.2, 0.25) is 5.91 Å². The molecule has 130 valence electrons. The highest BCUT2D eigenvalue weighted by atomic mass is 35.5. The van der Waals surface area contributed by atoms with E-state index in [1.54, 1.807) is 0 Å². The van der Waals surface area contributed by atoms with E-state index in [1.807, 2.05) is 31.2 Å². The minimum Gasteiger partial charge on any atom is -0.348 e. The van der Waals surface area contributed by atoms with E-state index in [-0.39, 0.29) is 24.4 Å². The molecule has 0 saturated carbocycles. The molecular formula is C17H27Cl2N3O. The highest BCUT2D eigenvalue weighted by Crippen LogP contribution is 2.24. The summed E-state index contributed by atoms with van der Waals surface area (Å²) in [6, 6.07) is 7.81. The van der Waals surface area contributed by atoms with E-state index in [4.69, 9.17) is 17.3 Å². The number of nitrogens with one attached hydrogen (secondary N) is 1. The molecular weight excluding hydrogens is 333 g/mol. The second-order valence-corrected chi connectivity index (χ2v) is 6.61. The molecule has 3 atom stereocenters. The number of carbonyl (C=O) groups excluding carboxylic acids is 1. The number of piperidine rings is 1. The molecule has 1 aliphatic heterocycles. The molecule has 0 radical (unpaired) electrons. The molecule has 0 spiro atoms. The fraction of sp³-hybridized carbons (Fsp3) is 0.588. The highest BCUT2D eigenvalue weighted by molar-refractivity contribution is 6.31. The van der Waals surface area contributed by atoms with Crippen LogP contribution < -0.4 is 11.1 Å². The predicted octanol–water partition coefficient (Wildman–Crippen LogP) is 3.00. The Morgan fingerprint density at radius 2 is 2.17 bits per heavy atom. The van der Waals surface area contributed by atoms with Crippen LogP contribution in [0, 0.1) is 5.92 Å². The monoisotopic (exact) mass is 359 g/mol. The van der Waals surface area contributed by atoms with Gasteiger partial charge in [0.15, 0.2) is 0 Å². The first-order chi connectivity index (χ1) is 10.5. The molecule has 2 rings (SSSR count). The third-order valence-electron chi connectivity index (χ3n) is 4.57. The minimum atomic E-state index is -0.0975. The van der Waals surface area contributed by atoms with Crippen LogP contribution in [0.4, 0.5) is 0 Å². The van der Waals surface area contributed by atoms with Gasteiger partial charge in [-0.15, -0.1) is 12.4 Å². The molecule has 1 saturated heterocycles. The predicted molar refractivity (Wildman–Crippen MR) is 98.1 cm³/mol. The summed E-state index contributed by atoms with van der Waals surface area (Å²) in [6.45, 7) is 6.13. The van der Waals surface area contributed by atoms with Crippen LogP contribution in [0.15, 0.2) is 24.3 Å². The summed E-state index contributed by atoms with van der Waals surface area (Å²) in [5.41, 5.74) is 6.83. The number of carbonyl (C=O) groups is 1. The maximum Gasteiger partial charge on any atom is 0.234 e. The Balaban J connectivity index is 0.00000264. The van der Waals surface area contributed by atoms with Gasteiger partial charge in [0.05, 0.1) is 12.6 Å². The number of halogens is 2. The largest absolute Gasteiger partial charge is 0.348 e. The standard InChI is InChI=1S/C17H26ClN3O.ClH/c1-12-6-5-9-21(16(12)10-19)11-17(22)20-13(2)14-7-3-4-8-15(14)18;/h3-4,7-8,12-13,16H,5-6,9-11,19H2,1-2H3,(H,20,22);1H. The molecule has 23 heavy (non-hydrogen) atoms. The fourth-order valence-corrected chi connectivity index (χ4v) is 3.59. The minimum absolute atomic E-state index is 0. The number of nitrogens with zero attached hydrogens (tertiary/aromatic N) is 1. The Morgan fingerprint density at radius 3 is 2.83 bits per heavy atom. The van der Waals surface area contributed by atoms with E-state index in [0.29, 0.717) is 30.1 Å². The first-order valence-corrected chi connectivity index (χ1v) is 8.38. The lowest BCUT2D eigenvalue weighted by Gasteiger charge is -2.39. The number of benzene rings is 1. The quantitative estimate of drug-likeness (QED) is 0.849. The van der Waals surface area contributed by atoms with Gasteiger partial charge in [-0.05, 0) is 43.9 Å². The van der Waals surface area contributed by atoms with E-state index in [9.17, 15) is 4.79 Å². The number of rotatable bonds is 5. The topological polar surface area (TPSA) is 58.4 Å². The third-order valence-corrected chi connectivity index (χ3v) is 4.91. The molecule has 1 aromatic carbocycles. The molecule has 3 N–H and O–H groups in total. The van der Waals surface area contributed by atoms with Crippen molar-refractivity contribution in [3.63, 3.8) is 0 Å². The van der Waals surface area contributed by atoms with Gasteiger partial charge in [-0.2, -0.15) is 0 Å². The van der Waals surface area contributed by atoms with Crippen LogP contribution in [0.2, 0.25) is 5.02 Å². The van der Waals surface area contributed by atoms with Gasteiger partial charge in [0, 0.05) is 17.6 Å². The molecule has 4 nitrogen and oxygen atoms in total. The average molecular weight is 360 g/mol. The molecule has 3 unspecified atom stereocenters. The second kappa shape index (κ2) is 9.48. The van der Waals surface area contributed by atoms with Crippen LogP contribution in [0.25, 0.3) is 0 Å².